The third-order valence-corrected chi connectivity index (χ3v) is 4.82. The Morgan fingerprint density at radius 3 is 2.77 bits per heavy atom. The number of nitrogens with zero attached hydrogens (tertiary/aromatic N) is 1. The lowest BCUT2D eigenvalue weighted by molar-refractivity contribution is -0.118. The number of aromatic nitrogens is 1. The minimum atomic E-state index is -4.66. The van der Waals surface area contributed by atoms with E-state index in [0.717, 1.165) is 4.57 Å². The van der Waals surface area contributed by atoms with Crippen molar-refractivity contribution >= 4 is 13.7 Å². The highest BCUT2D eigenvalue weighted by Gasteiger charge is 2.52. The number of rotatable bonds is 7. The van der Waals surface area contributed by atoms with Gasteiger partial charge in [-0.2, -0.15) is 0 Å². The average Bonchev–Trinajstić information content (AvgIpc) is 3.17. The van der Waals surface area contributed by atoms with E-state index in [1.54, 1.807) is 19.1 Å². The summed E-state index contributed by atoms with van der Waals surface area (Å²) in [6, 6.07) is 0. The Kier molecular flexibility index (Phi) is 4.50. The first-order valence-electron chi connectivity index (χ1n) is 7.71. The van der Waals surface area contributed by atoms with Gasteiger partial charge in [0.1, 0.15) is 11.7 Å². The molecule has 2 atom stereocenters. The molecule has 10 nitrogen and oxygen atoms in total. The quantitative estimate of drug-likeness (QED) is 0.259. The van der Waals surface area contributed by atoms with Gasteiger partial charge in [-0.05, 0) is 13.0 Å². The molecule has 3 heterocycles. The minimum absolute atomic E-state index is 0.0225. The van der Waals surface area contributed by atoms with Gasteiger partial charge in [0.2, 0.25) is 17.7 Å². The van der Waals surface area contributed by atoms with Crippen LogP contribution in [0, 0.1) is 0 Å². The van der Waals surface area contributed by atoms with Gasteiger partial charge in [-0.3, -0.25) is 13.9 Å². The molecule has 2 aliphatic rings. The topological polar surface area (TPSA) is 150 Å². The van der Waals surface area contributed by atoms with E-state index in [-0.39, 0.29) is 30.8 Å². The standard InChI is InChI=1S/C15H19N2O8P/c1-8(2)12(18)16-7-15-4-3-9(25-15)10-11(15)14(20)17(13(10)19)5-6-24-26(21,22)23/h3-4,9,19-20H,1,5-7H2,2H3,(H,16,18)(H2,21,22,23). The number of nitrogens with one attached hydrogen (secondary N) is 1. The molecule has 0 aromatic carbocycles. The van der Waals surface area contributed by atoms with Crippen molar-refractivity contribution in [3.8, 4) is 11.8 Å². The predicted molar refractivity (Wildman–Crippen MR) is 88.2 cm³/mol. The lowest BCUT2D eigenvalue weighted by atomic mass is 9.89. The second kappa shape index (κ2) is 6.26. The van der Waals surface area contributed by atoms with Crippen LogP contribution in [-0.2, 0) is 30.8 Å². The fraction of sp³-hybridized carbons (Fsp3) is 0.400. The molecule has 0 saturated heterocycles. The summed E-state index contributed by atoms with van der Waals surface area (Å²) in [6.45, 7) is 4.53. The van der Waals surface area contributed by atoms with Gasteiger partial charge in [0.05, 0.1) is 30.8 Å². The maximum Gasteiger partial charge on any atom is 0.469 e. The van der Waals surface area contributed by atoms with Gasteiger partial charge in [-0.1, -0.05) is 12.7 Å². The van der Waals surface area contributed by atoms with Gasteiger partial charge in [-0.25, -0.2) is 4.57 Å². The fourth-order valence-corrected chi connectivity index (χ4v) is 3.48. The Morgan fingerprint density at radius 2 is 2.15 bits per heavy atom. The smallest absolute Gasteiger partial charge is 0.469 e. The third kappa shape index (κ3) is 3.06. The van der Waals surface area contributed by atoms with Gasteiger partial charge in [0.15, 0.2) is 0 Å². The highest BCUT2D eigenvalue weighted by Crippen LogP contribution is 2.57. The number of aromatic hydroxyl groups is 2. The van der Waals surface area contributed by atoms with Gasteiger partial charge in [0.25, 0.3) is 0 Å². The maximum absolute atomic E-state index is 11.8. The van der Waals surface area contributed by atoms with Crippen LogP contribution in [0.4, 0.5) is 0 Å². The van der Waals surface area contributed by atoms with Crippen LogP contribution in [0.2, 0.25) is 0 Å². The van der Waals surface area contributed by atoms with Crippen LogP contribution in [-0.4, -0.2) is 43.6 Å². The molecule has 5 N–H and O–H groups in total. The molecular weight excluding hydrogens is 367 g/mol. The molecule has 0 spiro atoms. The molecule has 11 heteroatoms. The minimum Gasteiger partial charge on any atom is -0.494 e. The monoisotopic (exact) mass is 386 g/mol. The maximum atomic E-state index is 11.8. The molecule has 0 fully saturated rings. The van der Waals surface area contributed by atoms with E-state index in [1.165, 1.54) is 0 Å². The van der Waals surface area contributed by atoms with E-state index in [4.69, 9.17) is 14.5 Å². The van der Waals surface area contributed by atoms with Crippen molar-refractivity contribution < 1.29 is 38.6 Å². The number of carbonyl (C=O) groups is 1. The average molecular weight is 386 g/mol. The molecule has 2 unspecified atom stereocenters. The second-order valence-electron chi connectivity index (χ2n) is 6.16. The predicted octanol–water partition coefficient (Wildman–Crippen LogP) is 0.537. The number of hydrogen-bond acceptors (Lipinski definition) is 6. The van der Waals surface area contributed by atoms with Crippen LogP contribution < -0.4 is 5.32 Å². The molecule has 0 aliphatic carbocycles. The van der Waals surface area contributed by atoms with E-state index < -0.39 is 26.1 Å². The molecule has 142 valence electrons. The molecular formula is C15H19N2O8P. The number of hydrogen-bond donors (Lipinski definition) is 5. The van der Waals surface area contributed by atoms with Crippen LogP contribution in [0.1, 0.15) is 24.2 Å². The molecule has 0 saturated carbocycles. The van der Waals surface area contributed by atoms with E-state index >= 15 is 0 Å². The summed E-state index contributed by atoms with van der Waals surface area (Å²) in [5, 5.41) is 23.6. The summed E-state index contributed by atoms with van der Waals surface area (Å²) >= 11 is 0. The lowest BCUT2D eigenvalue weighted by Crippen LogP contribution is -2.38. The van der Waals surface area contributed by atoms with Crippen molar-refractivity contribution in [2.45, 2.75) is 25.2 Å². The van der Waals surface area contributed by atoms with Crippen LogP contribution >= 0.6 is 7.82 Å². The Labute approximate surface area is 148 Å². The highest BCUT2D eigenvalue weighted by molar-refractivity contribution is 7.46. The number of fused-ring (bicyclic) bond motifs is 5. The van der Waals surface area contributed by atoms with Gasteiger partial charge < -0.3 is 30.1 Å². The zero-order chi connectivity index (χ0) is 19.3. The first-order valence-corrected chi connectivity index (χ1v) is 9.24. The van der Waals surface area contributed by atoms with Crippen LogP contribution in [0.5, 0.6) is 11.8 Å². The number of phosphoric acid groups is 1. The molecule has 1 aromatic heterocycles. The first-order chi connectivity index (χ1) is 12.1. The zero-order valence-electron chi connectivity index (χ0n) is 13.9. The van der Waals surface area contributed by atoms with E-state index in [0.29, 0.717) is 16.7 Å². The van der Waals surface area contributed by atoms with Gasteiger partial charge in [-0.15, -0.1) is 0 Å². The molecule has 0 radical (unpaired) electrons. The Hall–Kier alpha value is -2.10. The second-order valence-corrected chi connectivity index (χ2v) is 7.40. The normalized spacial score (nSPS) is 23.3. The molecule has 1 aromatic rings. The van der Waals surface area contributed by atoms with Crippen molar-refractivity contribution in [1.82, 2.24) is 9.88 Å². The van der Waals surface area contributed by atoms with Crippen LogP contribution in [0.3, 0.4) is 0 Å². The van der Waals surface area contributed by atoms with Gasteiger partial charge >= 0.3 is 7.82 Å². The van der Waals surface area contributed by atoms with Crippen molar-refractivity contribution in [1.29, 1.82) is 0 Å². The van der Waals surface area contributed by atoms with Crippen molar-refractivity contribution in [3.63, 3.8) is 0 Å². The summed E-state index contributed by atoms with van der Waals surface area (Å²) in [6.07, 6.45) is 2.79. The lowest BCUT2D eigenvalue weighted by Gasteiger charge is -2.24. The summed E-state index contributed by atoms with van der Waals surface area (Å²) in [4.78, 5) is 29.2. The number of ether oxygens (including phenoxy) is 1. The summed E-state index contributed by atoms with van der Waals surface area (Å²) in [5.74, 6) is -0.969. The van der Waals surface area contributed by atoms with E-state index in [2.05, 4.69) is 16.4 Å². The number of carbonyl (C=O) groups excluding carboxylic acids is 1. The van der Waals surface area contributed by atoms with E-state index in [1.807, 2.05) is 0 Å². The Morgan fingerprint density at radius 1 is 1.46 bits per heavy atom. The van der Waals surface area contributed by atoms with Crippen molar-refractivity contribution in [2.75, 3.05) is 13.2 Å². The first kappa shape index (κ1) is 18.7. The third-order valence-electron chi connectivity index (χ3n) is 4.30. The van der Waals surface area contributed by atoms with E-state index in [9.17, 15) is 19.6 Å². The van der Waals surface area contributed by atoms with Gasteiger partial charge in [0, 0.05) is 5.57 Å². The summed E-state index contributed by atoms with van der Waals surface area (Å²) in [5.41, 5.74) is -0.161. The number of phosphoric ester groups is 1. The molecule has 1 amide bonds. The van der Waals surface area contributed by atoms with Crippen molar-refractivity contribution in [2.24, 2.45) is 0 Å². The van der Waals surface area contributed by atoms with Crippen molar-refractivity contribution in [3.05, 3.63) is 35.4 Å². The fourth-order valence-electron chi connectivity index (χ4n) is 3.16. The molecule has 2 bridgehead atoms. The molecule has 2 aliphatic heterocycles. The van der Waals surface area contributed by atoms with Crippen LogP contribution in [0.15, 0.2) is 24.3 Å². The summed E-state index contributed by atoms with van der Waals surface area (Å²) < 4.78 is 22.0. The molecule has 3 rings (SSSR count). The number of amides is 1. The SMILES string of the molecule is C=C(C)C(=O)NCC12C=CC(O1)c1c2c(O)n(CCOP(=O)(O)O)c1O. The highest BCUT2D eigenvalue weighted by atomic mass is 31.2. The molecule has 26 heavy (non-hydrogen) atoms. The summed E-state index contributed by atoms with van der Waals surface area (Å²) in [7, 11) is -4.66. The van der Waals surface area contributed by atoms with Crippen LogP contribution in [0.25, 0.3) is 0 Å². The largest absolute Gasteiger partial charge is 0.494 e. The Bertz CT molecular complexity index is 854. The Balaban J connectivity index is 1.86. The zero-order valence-corrected chi connectivity index (χ0v) is 14.8.